The fraction of sp³-hybridized carbons (Fsp3) is 0.133. The first-order valence-corrected chi connectivity index (χ1v) is 6.25. The number of aromatic nitrogens is 2. The van der Waals surface area contributed by atoms with E-state index in [-0.39, 0.29) is 0 Å². The molecule has 0 unspecified atom stereocenters. The van der Waals surface area contributed by atoms with Crippen molar-refractivity contribution in [3.8, 4) is 11.4 Å². The Morgan fingerprint density at radius 1 is 1.00 bits per heavy atom. The van der Waals surface area contributed by atoms with Crippen LogP contribution in [0.25, 0.3) is 16.9 Å². The lowest BCUT2D eigenvalue weighted by molar-refractivity contribution is 1.08. The molecule has 0 aliphatic heterocycles. The summed E-state index contributed by atoms with van der Waals surface area (Å²) in [5, 5.41) is 0.550. The van der Waals surface area contributed by atoms with Gasteiger partial charge >= 0.3 is 0 Å². The van der Waals surface area contributed by atoms with Crippen LogP contribution in [-0.2, 0) is 0 Å². The van der Waals surface area contributed by atoms with Crippen molar-refractivity contribution in [1.29, 1.82) is 0 Å². The van der Waals surface area contributed by atoms with E-state index < -0.39 is 0 Å². The van der Waals surface area contributed by atoms with Crippen LogP contribution >= 0.6 is 11.6 Å². The highest BCUT2D eigenvalue weighted by molar-refractivity contribution is 6.32. The van der Waals surface area contributed by atoms with Gasteiger partial charge in [0.15, 0.2) is 5.15 Å². The zero-order valence-corrected chi connectivity index (χ0v) is 11.1. The fourth-order valence-electron chi connectivity index (χ4n) is 2.16. The molecule has 0 aliphatic carbocycles. The van der Waals surface area contributed by atoms with Crippen LogP contribution in [0.2, 0.25) is 5.15 Å². The predicted octanol–water partition coefficient (Wildman–Crippen LogP) is 4.27. The largest absolute Gasteiger partial charge is 0.295 e. The smallest absolute Gasteiger partial charge is 0.155 e. The predicted molar refractivity (Wildman–Crippen MR) is 75.1 cm³/mol. The van der Waals surface area contributed by atoms with Crippen molar-refractivity contribution < 1.29 is 0 Å². The third-order valence-corrected chi connectivity index (χ3v) is 3.40. The van der Waals surface area contributed by atoms with Gasteiger partial charge in [-0.1, -0.05) is 47.5 Å². The molecular weight excluding hydrogens is 244 g/mol. The third-order valence-electron chi connectivity index (χ3n) is 3.12. The molecule has 3 aromatic rings. The lowest BCUT2D eigenvalue weighted by Crippen LogP contribution is -1.93. The summed E-state index contributed by atoms with van der Waals surface area (Å²) < 4.78 is 2.09. The minimum Gasteiger partial charge on any atom is -0.295 e. The van der Waals surface area contributed by atoms with Gasteiger partial charge in [0.25, 0.3) is 0 Å². The van der Waals surface area contributed by atoms with Gasteiger partial charge in [0.2, 0.25) is 0 Å². The fourth-order valence-corrected chi connectivity index (χ4v) is 2.38. The van der Waals surface area contributed by atoms with Crippen LogP contribution in [0.3, 0.4) is 0 Å². The molecule has 0 aliphatic rings. The molecule has 0 fully saturated rings. The summed E-state index contributed by atoms with van der Waals surface area (Å²) >= 11 is 6.20. The molecule has 2 heterocycles. The first kappa shape index (κ1) is 11.3. The van der Waals surface area contributed by atoms with E-state index in [9.17, 15) is 0 Å². The summed E-state index contributed by atoms with van der Waals surface area (Å²) in [4.78, 5) is 4.48. The molecule has 0 spiro atoms. The van der Waals surface area contributed by atoms with Crippen LogP contribution in [-0.4, -0.2) is 9.38 Å². The summed E-state index contributed by atoms with van der Waals surface area (Å²) in [5.74, 6) is 0.896. The van der Waals surface area contributed by atoms with E-state index in [1.165, 1.54) is 5.56 Å². The molecule has 1 aromatic carbocycles. The topological polar surface area (TPSA) is 17.3 Å². The Morgan fingerprint density at radius 3 is 2.44 bits per heavy atom. The molecule has 3 rings (SSSR count). The Balaban J connectivity index is 2.32. The van der Waals surface area contributed by atoms with E-state index in [4.69, 9.17) is 11.6 Å². The van der Waals surface area contributed by atoms with Crippen molar-refractivity contribution in [3.63, 3.8) is 0 Å². The number of nitrogens with zero attached hydrogens (tertiary/aromatic N) is 2. The number of fused-ring (bicyclic) bond motifs is 1. The number of benzene rings is 1. The van der Waals surface area contributed by atoms with Crippen LogP contribution in [0, 0.1) is 13.8 Å². The second-order valence-electron chi connectivity index (χ2n) is 4.48. The van der Waals surface area contributed by atoms with Crippen LogP contribution < -0.4 is 0 Å². The molecule has 0 bridgehead atoms. The normalized spacial score (nSPS) is 11.1. The van der Waals surface area contributed by atoms with Gasteiger partial charge in [0.1, 0.15) is 5.82 Å². The maximum absolute atomic E-state index is 6.20. The number of hydrogen-bond acceptors (Lipinski definition) is 1. The lowest BCUT2D eigenvalue weighted by Gasteiger charge is -2.05. The molecule has 0 atom stereocenters. The van der Waals surface area contributed by atoms with Gasteiger partial charge in [-0.2, -0.15) is 0 Å². The quantitative estimate of drug-likeness (QED) is 0.636. The molecule has 0 saturated heterocycles. The summed E-state index contributed by atoms with van der Waals surface area (Å²) in [6.45, 7) is 4.13. The summed E-state index contributed by atoms with van der Waals surface area (Å²) in [6, 6.07) is 14.4. The molecule has 0 N–H and O–H groups in total. The van der Waals surface area contributed by atoms with Gasteiger partial charge in [0, 0.05) is 11.3 Å². The Bertz CT molecular complexity index is 711. The number of aryl methyl sites for hydroxylation is 2. The van der Waals surface area contributed by atoms with Crippen molar-refractivity contribution in [2.24, 2.45) is 0 Å². The molecule has 90 valence electrons. The third kappa shape index (κ3) is 1.70. The van der Waals surface area contributed by atoms with Crippen molar-refractivity contribution in [3.05, 3.63) is 58.9 Å². The highest BCUT2D eigenvalue weighted by Gasteiger charge is 2.12. The minimum absolute atomic E-state index is 0.550. The summed E-state index contributed by atoms with van der Waals surface area (Å²) in [6.07, 6.45) is 0. The van der Waals surface area contributed by atoms with Gasteiger partial charge < -0.3 is 0 Å². The summed E-state index contributed by atoms with van der Waals surface area (Å²) in [5.41, 5.74) is 4.40. The van der Waals surface area contributed by atoms with E-state index in [1.54, 1.807) is 0 Å². The molecule has 0 amide bonds. The van der Waals surface area contributed by atoms with Crippen LogP contribution in [0.1, 0.15) is 11.3 Å². The van der Waals surface area contributed by atoms with Crippen molar-refractivity contribution in [2.75, 3.05) is 0 Å². The van der Waals surface area contributed by atoms with Gasteiger partial charge in [0.05, 0.1) is 5.52 Å². The highest BCUT2D eigenvalue weighted by atomic mass is 35.5. The van der Waals surface area contributed by atoms with Crippen LogP contribution in [0.4, 0.5) is 0 Å². The zero-order valence-electron chi connectivity index (χ0n) is 10.3. The monoisotopic (exact) mass is 256 g/mol. The van der Waals surface area contributed by atoms with Crippen molar-refractivity contribution >= 4 is 17.1 Å². The Kier molecular flexibility index (Phi) is 2.60. The van der Waals surface area contributed by atoms with Crippen molar-refractivity contribution in [2.45, 2.75) is 13.8 Å². The molecule has 0 saturated carbocycles. The average Bonchev–Trinajstić information content (AvgIpc) is 2.70. The Labute approximate surface area is 111 Å². The van der Waals surface area contributed by atoms with Crippen molar-refractivity contribution in [1.82, 2.24) is 9.38 Å². The molecule has 0 radical (unpaired) electrons. The molecule has 2 nitrogen and oxygen atoms in total. The standard InChI is InChI=1S/C15H13ClN2/c1-10-6-8-12(9-7-10)15-17-14(16)13-5-3-4-11(2)18(13)15/h3-9H,1-2H3. The van der Waals surface area contributed by atoms with E-state index >= 15 is 0 Å². The highest BCUT2D eigenvalue weighted by Crippen LogP contribution is 2.27. The van der Waals surface area contributed by atoms with Gasteiger partial charge in [-0.25, -0.2) is 4.98 Å². The first-order valence-electron chi connectivity index (χ1n) is 5.87. The lowest BCUT2D eigenvalue weighted by atomic mass is 10.1. The van der Waals surface area contributed by atoms with E-state index in [0.717, 1.165) is 22.6 Å². The number of halogens is 1. The Morgan fingerprint density at radius 2 is 1.72 bits per heavy atom. The van der Waals surface area contributed by atoms with E-state index in [0.29, 0.717) is 5.15 Å². The van der Waals surface area contributed by atoms with Crippen LogP contribution in [0.15, 0.2) is 42.5 Å². The van der Waals surface area contributed by atoms with Crippen LogP contribution in [0.5, 0.6) is 0 Å². The van der Waals surface area contributed by atoms with Gasteiger partial charge in [-0.05, 0) is 26.0 Å². The number of imidazole rings is 1. The van der Waals surface area contributed by atoms with E-state index in [2.05, 4.69) is 53.6 Å². The number of rotatable bonds is 1. The maximum Gasteiger partial charge on any atom is 0.155 e. The molecule has 3 heteroatoms. The second kappa shape index (κ2) is 4.14. The number of pyridine rings is 1. The molecule has 2 aromatic heterocycles. The zero-order chi connectivity index (χ0) is 12.7. The first-order chi connectivity index (χ1) is 8.66. The average molecular weight is 257 g/mol. The Hall–Kier alpha value is -1.80. The minimum atomic E-state index is 0.550. The second-order valence-corrected chi connectivity index (χ2v) is 4.84. The SMILES string of the molecule is Cc1ccc(-c2nc(Cl)c3cccc(C)n23)cc1. The van der Waals surface area contributed by atoms with Gasteiger partial charge in [-0.3, -0.25) is 4.40 Å². The molecule has 18 heavy (non-hydrogen) atoms. The maximum atomic E-state index is 6.20. The van der Waals surface area contributed by atoms with E-state index in [1.807, 2.05) is 12.1 Å². The summed E-state index contributed by atoms with van der Waals surface area (Å²) in [7, 11) is 0. The van der Waals surface area contributed by atoms with Gasteiger partial charge in [-0.15, -0.1) is 0 Å². The number of hydrogen-bond donors (Lipinski definition) is 0. The molecular formula is C15H13ClN2.